The number of nitrogen functional groups attached to an aromatic ring is 1. The largest absolute Gasteiger partial charge is 0.398 e. The molecule has 0 saturated carbocycles. The number of primary amides is 1. The summed E-state index contributed by atoms with van der Waals surface area (Å²) in [6.07, 6.45) is 0.726. The summed E-state index contributed by atoms with van der Waals surface area (Å²) in [6, 6.07) is 2.28. The second kappa shape index (κ2) is 6.00. The van der Waals surface area contributed by atoms with Crippen molar-refractivity contribution in [2.45, 2.75) is 29.9 Å². The molecule has 21 heavy (non-hydrogen) atoms. The van der Waals surface area contributed by atoms with Crippen LogP contribution in [0.2, 0.25) is 0 Å². The molecule has 0 saturated heterocycles. The number of carbonyl (C=O) groups is 1. The average molecular weight is 311 g/mol. The van der Waals surface area contributed by atoms with E-state index in [1.165, 1.54) is 10.6 Å². The van der Waals surface area contributed by atoms with Gasteiger partial charge in [-0.1, -0.05) is 6.92 Å². The second-order valence-corrected chi connectivity index (χ2v) is 5.31. The molecule has 9 heteroatoms. The number of amides is 1. The highest BCUT2D eigenvalue weighted by molar-refractivity contribution is 7.99. The summed E-state index contributed by atoms with van der Waals surface area (Å²) in [5.41, 5.74) is 10.3. The van der Waals surface area contributed by atoms with Crippen LogP contribution in [0.3, 0.4) is 0 Å². The molecule has 7 nitrogen and oxygen atoms in total. The van der Waals surface area contributed by atoms with Crippen molar-refractivity contribution in [1.82, 2.24) is 14.8 Å². The van der Waals surface area contributed by atoms with E-state index in [9.17, 15) is 14.0 Å². The average Bonchev–Trinajstić information content (AvgIpc) is 2.74. The molecule has 2 rings (SSSR count). The Morgan fingerprint density at radius 3 is 2.86 bits per heavy atom. The van der Waals surface area contributed by atoms with Crippen molar-refractivity contribution < 1.29 is 9.18 Å². The Kier molecular flexibility index (Phi) is 4.32. The third-order valence-electron chi connectivity index (χ3n) is 2.74. The normalized spacial score (nSPS) is 10.8. The quantitative estimate of drug-likeness (QED) is 0.710. The summed E-state index contributed by atoms with van der Waals surface area (Å²) in [5.74, 6) is -1.36. The van der Waals surface area contributed by atoms with Crippen LogP contribution in [0.4, 0.5) is 10.1 Å². The number of aromatic nitrogens is 3. The van der Waals surface area contributed by atoms with Gasteiger partial charge >= 0.3 is 5.69 Å². The molecule has 2 aromatic rings. The second-order valence-electron chi connectivity index (χ2n) is 4.30. The molecule has 0 aliphatic rings. The number of aromatic amines is 1. The zero-order valence-corrected chi connectivity index (χ0v) is 12.0. The molecule has 5 N–H and O–H groups in total. The van der Waals surface area contributed by atoms with Crippen LogP contribution in [0.5, 0.6) is 0 Å². The lowest BCUT2D eigenvalue weighted by Gasteiger charge is -2.08. The molecule has 0 atom stereocenters. The monoisotopic (exact) mass is 311 g/mol. The molecule has 0 aliphatic carbocycles. The number of hydrogen-bond acceptors (Lipinski definition) is 5. The standard InChI is InChI=1S/C12H14FN5O2S/c1-2-3-18-11(20)16-17-12(18)21-9-4-6(10(15)19)8(14)5-7(9)13/h4-5H,2-3,14H2,1H3,(H2,15,19)(H,16,20). The smallest absolute Gasteiger partial charge is 0.343 e. The molecule has 0 fully saturated rings. The number of benzene rings is 1. The summed E-state index contributed by atoms with van der Waals surface area (Å²) < 4.78 is 15.3. The zero-order valence-electron chi connectivity index (χ0n) is 11.2. The highest BCUT2D eigenvalue weighted by Crippen LogP contribution is 2.30. The van der Waals surface area contributed by atoms with Crippen molar-refractivity contribution >= 4 is 23.4 Å². The maximum atomic E-state index is 13.9. The number of H-pyrrole nitrogens is 1. The molecule has 0 aliphatic heterocycles. The first-order valence-corrected chi connectivity index (χ1v) is 6.97. The molecule has 1 aromatic heterocycles. The van der Waals surface area contributed by atoms with Gasteiger partial charge in [-0.2, -0.15) is 0 Å². The van der Waals surface area contributed by atoms with Crippen LogP contribution >= 0.6 is 11.8 Å². The van der Waals surface area contributed by atoms with Crippen molar-refractivity contribution in [3.63, 3.8) is 0 Å². The molecule has 112 valence electrons. The number of carbonyl (C=O) groups excluding carboxylic acids is 1. The van der Waals surface area contributed by atoms with Gasteiger partial charge in [0.15, 0.2) is 5.16 Å². The molecule has 0 spiro atoms. The predicted molar refractivity (Wildman–Crippen MR) is 76.6 cm³/mol. The van der Waals surface area contributed by atoms with E-state index in [2.05, 4.69) is 10.2 Å². The summed E-state index contributed by atoms with van der Waals surface area (Å²) in [6.45, 7) is 2.36. The van der Waals surface area contributed by atoms with Gasteiger partial charge in [0.1, 0.15) is 5.82 Å². The first-order valence-electron chi connectivity index (χ1n) is 6.16. The van der Waals surface area contributed by atoms with Gasteiger partial charge in [0.05, 0.1) is 10.5 Å². The number of anilines is 1. The minimum atomic E-state index is -0.748. The number of nitrogens with one attached hydrogen (secondary N) is 1. The van der Waals surface area contributed by atoms with E-state index < -0.39 is 11.7 Å². The third kappa shape index (κ3) is 3.07. The molecule has 0 bridgehead atoms. The maximum Gasteiger partial charge on any atom is 0.343 e. The van der Waals surface area contributed by atoms with E-state index in [0.717, 1.165) is 24.2 Å². The SMILES string of the molecule is CCCn1c(Sc2cc(C(N)=O)c(N)cc2F)n[nH]c1=O. The van der Waals surface area contributed by atoms with Crippen LogP contribution < -0.4 is 17.2 Å². The number of nitrogens with zero attached hydrogens (tertiary/aromatic N) is 2. The molecule has 1 heterocycles. The van der Waals surface area contributed by atoms with Gasteiger partial charge in [0.25, 0.3) is 5.91 Å². The summed E-state index contributed by atoms with van der Waals surface area (Å²) in [7, 11) is 0. The topological polar surface area (TPSA) is 120 Å². The molecule has 0 unspecified atom stereocenters. The Labute approximate surface area is 123 Å². The van der Waals surface area contributed by atoms with Gasteiger partial charge in [-0.25, -0.2) is 14.3 Å². The van der Waals surface area contributed by atoms with E-state index in [4.69, 9.17) is 11.5 Å². The Morgan fingerprint density at radius 2 is 2.24 bits per heavy atom. The summed E-state index contributed by atoms with van der Waals surface area (Å²) in [5, 5.41) is 6.46. The van der Waals surface area contributed by atoms with Crippen molar-refractivity contribution in [3.05, 3.63) is 34.0 Å². The third-order valence-corrected chi connectivity index (χ3v) is 3.77. The minimum absolute atomic E-state index is 0.0267. The maximum absolute atomic E-state index is 13.9. The minimum Gasteiger partial charge on any atom is -0.398 e. The summed E-state index contributed by atoms with van der Waals surface area (Å²) in [4.78, 5) is 22.9. The molecule has 0 radical (unpaired) electrons. The van der Waals surface area contributed by atoms with Crippen LogP contribution in [-0.2, 0) is 6.54 Å². The van der Waals surface area contributed by atoms with Gasteiger partial charge in [0.2, 0.25) is 0 Å². The molecular formula is C12H14FN5O2S. The van der Waals surface area contributed by atoms with Crippen molar-refractivity contribution in [2.75, 3.05) is 5.73 Å². The van der Waals surface area contributed by atoms with Crippen LogP contribution in [-0.4, -0.2) is 20.7 Å². The fourth-order valence-corrected chi connectivity index (χ4v) is 2.67. The fourth-order valence-electron chi connectivity index (χ4n) is 1.76. The Hall–Kier alpha value is -2.29. The number of hydrogen-bond donors (Lipinski definition) is 3. The number of nitrogens with two attached hydrogens (primary N) is 2. The van der Waals surface area contributed by atoms with Crippen LogP contribution in [0.1, 0.15) is 23.7 Å². The molecule has 1 amide bonds. The summed E-state index contributed by atoms with van der Waals surface area (Å²) >= 11 is 0.924. The highest BCUT2D eigenvalue weighted by atomic mass is 32.2. The first-order chi connectivity index (χ1) is 9.93. The Morgan fingerprint density at radius 1 is 1.52 bits per heavy atom. The Bertz CT molecular complexity index is 740. The highest BCUT2D eigenvalue weighted by Gasteiger charge is 2.16. The molecule has 1 aromatic carbocycles. The zero-order chi connectivity index (χ0) is 15.6. The van der Waals surface area contributed by atoms with Crippen molar-refractivity contribution in [1.29, 1.82) is 0 Å². The van der Waals surface area contributed by atoms with Crippen molar-refractivity contribution in [2.24, 2.45) is 5.73 Å². The van der Waals surface area contributed by atoms with E-state index in [-0.39, 0.29) is 21.8 Å². The van der Waals surface area contributed by atoms with Gasteiger partial charge < -0.3 is 11.5 Å². The van der Waals surface area contributed by atoms with E-state index in [1.54, 1.807) is 0 Å². The Balaban J connectivity index is 2.42. The lowest BCUT2D eigenvalue weighted by atomic mass is 10.1. The lowest BCUT2D eigenvalue weighted by Crippen LogP contribution is -2.17. The van der Waals surface area contributed by atoms with Crippen LogP contribution in [0, 0.1) is 5.82 Å². The molecular weight excluding hydrogens is 297 g/mol. The van der Waals surface area contributed by atoms with Crippen LogP contribution in [0.25, 0.3) is 0 Å². The number of rotatable bonds is 5. The van der Waals surface area contributed by atoms with E-state index in [1.807, 2.05) is 6.92 Å². The van der Waals surface area contributed by atoms with Crippen molar-refractivity contribution in [3.8, 4) is 0 Å². The predicted octanol–water partition coefficient (Wildman–Crippen LogP) is 0.953. The number of halogens is 1. The van der Waals surface area contributed by atoms with Gasteiger partial charge in [-0.3, -0.25) is 9.36 Å². The van der Waals surface area contributed by atoms with Gasteiger partial charge in [-0.15, -0.1) is 5.10 Å². The van der Waals surface area contributed by atoms with E-state index >= 15 is 0 Å². The first kappa shape index (κ1) is 15.1. The van der Waals surface area contributed by atoms with E-state index in [0.29, 0.717) is 11.7 Å². The lowest BCUT2D eigenvalue weighted by molar-refractivity contribution is 0.100. The van der Waals surface area contributed by atoms with Gasteiger partial charge in [0, 0.05) is 12.2 Å². The van der Waals surface area contributed by atoms with Gasteiger partial charge in [-0.05, 0) is 30.3 Å². The fraction of sp³-hybridized carbons (Fsp3) is 0.250. The van der Waals surface area contributed by atoms with Crippen LogP contribution in [0.15, 0.2) is 27.0 Å².